The lowest BCUT2D eigenvalue weighted by atomic mass is 9.41. The van der Waals surface area contributed by atoms with E-state index in [0.29, 0.717) is 107 Å². The molecule has 1 amide bonds. The van der Waals surface area contributed by atoms with Crippen molar-refractivity contribution < 1.29 is 65.0 Å². The van der Waals surface area contributed by atoms with Crippen molar-refractivity contribution in [3.8, 4) is 0 Å². The minimum atomic E-state index is -0.705. The molecule has 11 N–H and O–H groups in total. The Balaban J connectivity index is 0.000000162. The number of amides is 1. The van der Waals surface area contributed by atoms with E-state index < -0.39 is 11.9 Å². The summed E-state index contributed by atoms with van der Waals surface area (Å²) in [4.78, 5) is 61.5. The maximum atomic E-state index is 13.9. The highest BCUT2D eigenvalue weighted by Crippen LogP contribution is 2.73. The second kappa shape index (κ2) is 29.0. The van der Waals surface area contributed by atoms with Crippen LogP contribution < -0.4 is 11.4 Å². The summed E-state index contributed by atoms with van der Waals surface area (Å²) in [5.41, 5.74) is 4.73. The van der Waals surface area contributed by atoms with Gasteiger partial charge in [-0.15, -0.1) is 0 Å². The molecule has 0 aromatic heterocycles. The van der Waals surface area contributed by atoms with Crippen LogP contribution in [0.2, 0.25) is 0 Å². The molecule has 93 heavy (non-hydrogen) atoms. The first kappa shape index (κ1) is 74.2. The molecule has 0 heterocycles. The second-order valence-electron chi connectivity index (χ2n) is 35.1. The Morgan fingerprint density at radius 3 is 1.20 bits per heavy atom. The zero-order valence-electron chi connectivity index (χ0n) is 59.4. The van der Waals surface area contributed by atoms with Gasteiger partial charge in [0.25, 0.3) is 0 Å². The van der Waals surface area contributed by atoms with Crippen molar-refractivity contribution in [2.75, 3.05) is 0 Å². The number of aliphatic hydroxyl groups is 4. The lowest BCUT2D eigenvalue weighted by Crippen LogP contribution is -2.62. The summed E-state index contributed by atoms with van der Waals surface area (Å²) in [5.74, 6) is 9.94. The Labute approximate surface area is 558 Å². The van der Waals surface area contributed by atoms with Gasteiger partial charge in [0, 0.05) is 31.1 Å². The van der Waals surface area contributed by atoms with Crippen molar-refractivity contribution in [1.82, 2.24) is 5.48 Å². The molecule has 0 radical (unpaired) electrons. The summed E-state index contributed by atoms with van der Waals surface area (Å²) in [5, 5.41) is 76.5. The molecule has 0 aromatic rings. The summed E-state index contributed by atoms with van der Waals surface area (Å²) < 4.78 is 0. The van der Waals surface area contributed by atoms with E-state index in [1.165, 1.54) is 25.7 Å². The SMILES string of the molecule is C/C=C1/C(=O)C2C3CC[C@H]([C@H](C)CCC(=O)NO)[C@@]3(C)CCC2[C@@]2(C)CC[C@@H](O)C[C@@H]12.C/C=C1/C(=O)C2C3CC[C@H]([C@H](C)CCC(=O)O)[C@@]3(C)CCC2[C@@]2(C)CC[C@@H](O)C[C@@H]12.CC[C@H]1[C@@H](O)C2C3CC[C@H]([C@H](C)CCC(=O)O)[C@@]3(C)CCC2[C@@]2(C)CC[C@@H](O)C[C@@H]12.NO. The quantitative estimate of drug-likeness (QED) is 0.0466. The average Bonchev–Trinajstić information content (AvgIpc) is 1.71. The summed E-state index contributed by atoms with van der Waals surface area (Å²) in [6.45, 7) is 27.6. The van der Waals surface area contributed by atoms with E-state index in [1.54, 1.807) is 5.48 Å². The van der Waals surface area contributed by atoms with Gasteiger partial charge < -0.3 is 35.8 Å². The largest absolute Gasteiger partial charge is 0.481 e. The third-order valence-electron chi connectivity index (χ3n) is 31.7. The first-order valence-electron chi connectivity index (χ1n) is 37.7. The topological polar surface area (TPSA) is 285 Å². The molecule has 0 aromatic carbocycles. The van der Waals surface area contributed by atoms with Crippen LogP contribution in [0.1, 0.15) is 263 Å². The Kier molecular flexibility index (Phi) is 23.2. The fraction of sp³-hybridized carbons (Fsp3) is 0.885. The molecule has 528 valence electrons. The van der Waals surface area contributed by atoms with Gasteiger partial charge in [0.2, 0.25) is 5.91 Å². The van der Waals surface area contributed by atoms with Crippen LogP contribution in [0.15, 0.2) is 23.3 Å². The smallest absolute Gasteiger partial charge is 0.303 e. The number of ketones is 2. The molecule has 9 unspecified atom stereocenters. The number of nitrogens with one attached hydrogen (secondary N) is 1. The predicted molar refractivity (Wildman–Crippen MR) is 360 cm³/mol. The Morgan fingerprint density at radius 1 is 0.484 bits per heavy atom. The van der Waals surface area contributed by atoms with Crippen LogP contribution >= 0.6 is 0 Å². The Hall–Kier alpha value is -3.05. The maximum absolute atomic E-state index is 13.9. The van der Waals surface area contributed by atoms with Crippen LogP contribution in [0.5, 0.6) is 0 Å². The van der Waals surface area contributed by atoms with E-state index in [1.807, 2.05) is 26.0 Å². The second-order valence-corrected chi connectivity index (χ2v) is 35.1. The number of carboxylic acid groups (broad SMARTS) is 2. The molecule has 0 spiro atoms. The fourth-order valence-corrected chi connectivity index (χ4v) is 27.0. The number of Topliss-reactive ketones (excluding diaryl/α,β-unsaturated/α-hetero) is 2. The third kappa shape index (κ3) is 13.1. The van der Waals surface area contributed by atoms with Gasteiger partial charge in [-0.3, -0.25) is 29.2 Å². The average molecular weight is 1300 g/mol. The molecule has 0 aliphatic heterocycles. The number of hydrogen-bond acceptors (Lipinski definition) is 12. The van der Waals surface area contributed by atoms with Gasteiger partial charge in [0.05, 0.1) is 24.4 Å². The number of nitrogens with two attached hydrogens (primary N) is 1. The lowest BCUT2D eigenvalue weighted by Gasteiger charge is -2.64. The molecule has 15 nitrogen and oxygen atoms in total. The van der Waals surface area contributed by atoms with Gasteiger partial charge >= 0.3 is 11.9 Å². The van der Waals surface area contributed by atoms with Crippen molar-refractivity contribution in [3.63, 3.8) is 0 Å². The lowest BCUT2D eigenvalue weighted by molar-refractivity contribution is -0.203. The Bertz CT molecular complexity index is 2730. The number of aliphatic hydroxyl groups excluding tert-OH is 4. The van der Waals surface area contributed by atoms with Gasteiger partial charge in [-0.25, -0.2) is 11.4 Å². The number of rotatable bonds is 13. The number of allylic oxidation sites excluding steroid dienone is 4. The molecule has 29 atom stereocenters. The number of hydrogen-bond donors (Lipinski definition) is 10. The van der Waals surface area contributed by atoms with Crippen molar-refractivity contribution in [2.45, 2.75) is 287 Å². The first-order valence-corrected chi connectivity index (χ1v) is 37.7. The summed E-state index contributed by atoms with van der Waals surface area (Å²) in [6, 6.07) is 0. The van der Waals surface area contributed by atoms with E-state index in [9.17, 15) is 44.4 Å². The van der Waals surface area contributed by atoms with E-state index in [-0.39, 0.29) is 99.3 Å². The van der Waals surface area contributed by atoms with Crippen molar-refractivity contribution in [1.29, 1.82) is 0 Å². The normalized spacial score (nSPS) is 47.8. The highest BCUT2D eigenvalue weighted by Gasteiger charge is 2.68. The molecule has 12 aliphatic carbocycles. The molecular weight excluding hydrogens is 1170 g/mol. The number of hydroxylamine groups is 1. The van der Waals surface area contributed by atoms with Crippen LogP contribution in [-0.4, -0.2) is 94.9 Å². The highest BCUT2D eigenvalue weighted by molar-refractivity contribution is 6.00. The monoisotopic (exact) mass is 1300 g/mol. The number of fused-ring (bicyclic) bond motifs is 15. The van der Waals surface area contributed by atoms with E-state index in [2.05, 4.69) is 75.1 Å². The van der Waals surface area contributed by atoms with Gasteiger partial charge in [-0.05, 0) is 312 Å². The summed E-state index contributed by atoms with van der Waals surface area (Å²) in [6.07, 6.45) is 29.1. The standard InChI is InChI=1S/C26H41NO4.C26H44O4.C26H40O4.H3NO/c1-5-17-21-14-16(28)10-12-26(21,4)20-11-13-25(3)18(15(2)6-9-22(29)27-31)7-8-19(25)23(20)24(17)30;2*1-5-17-21-14-16(27)10-12-26(21,4)20-11-13-25(3)18(15(2)6-9-22(28)29)7-8-19(25)23(20)24(17)30;1-2/h5,15-16,18-21,23,28,31H,6-14H2,1-4H3,(H,27,29);15-21,23-24,27,30H,5-14H2,1-4H3,(H,28,29);5,15-16,18-21,23,27H,6-14H2,1-4H3,(H,28,29);2H,1H2/b17-5+;;17-5+;/t15-,16-,18-,19?,20?,21+,23?,25-,26-;15-,16-,17-,18-,19?,20?,21+,23?,24-,25-,26-;15-,16-,18-,19?,20?,21+,23?,25-,26-;/m111./s1. The van der Waals surface area contributed by atoms with E-state index in [4.69, 9.17) is 20.6 Å². The van der Waals surface area contributed by atoms with Crippen molar-refractivity contribution >= 4 is 29.4 Å². The van der Waals surface area contributed by atoms with Crippen LogP contribution in [0, 0.1) is 145 Å². The molecular formula is C78H128N2O13. The molecule has 12 saturated carbocycles. The third-order valence-corrected chi connectivity index (χ3v) is 31.7. The van der Waals surface area contributed by atoms with Crippen molar-refractivity contribution in [3.05, 3.63) is 23.3 Å². The fourth-order valence-electron chi connectivity index (χ4n) is 27.0. The van der Waals surface area contributed by atoms with Crippen LogP contribution in [0.4, 0.5) is 0 Å². The zero-order chi connectivity index (χ0) is 68.2. The number of aliphatic carboxylic acids is 2. The molecule has 0 bridgehead atoms. The molecule has 12 rings (SSSR count). The van der Waals surface area contributed by atoms with Crippen LogP contribution in [0.25, 0.3) is 0 Å². The number of carboxylic acids is 2. The predicted octanol–water partition coefficient (Wildman–Crippen LogP) is 14.4. The van der Waals surface area contributed by atoms with Crippen LogP contribution in [0.3, 0.4) is 0 Å². The summed E-state index contributed by atoms with van der Waals surface area (Å²) in [7, 11) is 0. The van der Waals surface area contributed by atoms with Gasteiger partial charge in [0.1, 0.15) is 0 Å². The van der Waals surface area contributed by atoms with Gasteiger partial charge in [-0.1, -0.05) is 87.8 Å². The van der Waals surface area contributed by atoms with Gasteiger partial charge in [0.15, 0.2) is 11.6 Å². The van der Waals surface area contributed by atoms with E-state index >= 15 is 0 Å². The maximum Gasteiger partial charge on any atom is 0.303 e. The summed E-state index contributed by atoms with van der Waals surface area (Å²) >= 11 is 0. The molecule has 15 heteroatoms. The minimum Gasteiger partial charge on any atom is -0.481 e. The van der Waals surface area contributed by atoms with Crippen molar-refractivity contribution in [2.24, 2.45) is 151 Å². The number of carbonyl (C=O) groups is 5. The highest BCUT2D eigenvalue weighted by atomic mass is 16.5. The Morgan fingerprint density at radius 2 is 0.817 bits per heavy atom. The van der Waals surface area contributed by atoms with E-state index in [0.717, 1.165) is 146 Å². The van der Waals surface area contributed by atoms with Gasteiger partial charge in [-0.2, -0.15) is 0 Å². The molecule has 12 fully saturated rings. The molecule has 12 aliphatic rings. The first-order chi connectivity index (χ1) is 43.9. The van der Waals surface area contributed by atoms with Crippen LogP contribution in [-0.2, 0) is 24.0 Å². The zero-order valence-corrected chi connectivity index (χ0v) is 59.4. The molecule has 0 saturated heterocycles. The minimum absolute atomic E-state index is 0.111. The number of carbonyl (C=O) groups excluding carboxylic acids is 3.